The van der Waals surface area contributed by atoms with Gasteiger partial charge < -0.3 is 5.11 Å². The minimum atomic E-state index is -3.73. The number of benzene rings is 2. The standard InChI is InChI=1S/C13H12N4O4S.Na/c14-22(20,21)12-7-5-11(6-8-12)16-17-15-10-3-1-9(2-4-10)13(18)19;/h1-8H,(H,15,16)(H,18,19)(H2,14,20,21);/q;+1. The second-order valence-electron chi connectivity index (χ2n) is 4.23. The molecule has 0 heterocycles. The van der Waals surface area contributed by atoms with Crippen LogP contribution in [0.1, 0.15) is 10.4 Å². The quantitative estimate of drug-likeness (QED) is 0.369. The van der Waals surface area contributed by atoms with Gasteiger partial charge in [-0.1, -0.05) is 5.22 Å². The number of nitrogens with two attached hydrogens (primary N) is 1. The first-order valence-electron chi connectivity index (χ1n) is 5.99. The average molecular weight is 343 g/mol. The van der Waals surface area contributed by atoms with E-state index < -0.39 is 16.0 Å². The Labute approximate surface area is 154 Å². The second-order valence-corrected chi connectivity index (χ2v) is 5.79. The van der Waals surface area contributed by atoms with Crippen molar-refractivity contribution in [3.8, 4) is 0 Å². The summed E-state index contributed by atoms with van der Waals surface area (Å²) in [5.41, 5.74) is 3.79. The van der Waals surface area contributed by atoms with Gasteiger partial charge in [0.05, 0.1) is 21.8 Å². The fourth-order valence-electron chi connectivity index (χ4n) is 1.53. The molecule has 0 fully saturated rings. The first-order valence-corrected chi connectivity index (χ1v) is 7.54. The van der Waals surface area contributed by atoms with Gasteiger partial charge in [0.2, 0.25) is 10.0 Å². The summed E-state index contributed by atoms with van der Waals surface area (Å²) in [6, 6.07) is 11.5. The molecule has 2 aromatic rings. The van der Waals surface area contributed by atoms with E-state index in [0.29, 0.717) is 11.4 Å². The zero-order valence-electron chi connectivity index (χ0n) is 12.2. The molecule has 8 nitrogen and oxygen atoms in total. The van der Waals surface area contributed by atoms with Crippen molar-refractivity contribution in [3.63, 3.8) is 0 Å². The largest absolute Gasteiger partial charge is 1.00 e. The van der Waals surface area contributed by atoms with Crippen LogP contribution in [0.2, 0.25) is 0 Å². The maximum absolute atomic E-state index is 11.1. The first-order chi connectivity index (χ1) is 10.4. The normalized spacial score (nSPS) is 11.0. The molecule has 0 aliphatic rings. The number of hydrogen-bond donors (Lipinski definition) is 3. The molecule has 0 bridgehead atoms. The number of hydrogen-bond acceptors (Lipinski definition) is 5. The van der Waals surface area contributed by atoms with Crippen LogP contribution < -0.4 is 40.1 Å². The van der Waals surface area contributed by atoms with E-state index in [1.807, 2.05) is 0 Å². The summed E-state index contributed by atoms with van der Waals surface area (Å²) in [7, 11) is -3.73. The van der Waals surface area contributed by atoms with Crippen LogP contribution in [0.25, 0.3) is 0 Å². The Kier molecular flexibility index (Phi) is 6.85. The predicted molar refractivity (Wildman–Crippen MR) is 79.4 cm³/mol. The molecule has 2 rings (SSSR count). The Morgan fingerprint density at radius 2 is 1.61 bits per heavy atom. The van der Waals surface area contributed by atoms with Gasteiger partial charge in [0.25, 0.3) is 0 Å². The van der Waals surface area contributed by atoms with Crippen LogP contribution in [0.3, 0.4) is 0 Å². The van der Waals surface area contributed by atoms with Gasteiger partial charge in [-0.15, -0.1) is 5.11 Å². The van der Waals surface area contributed by atoms with Crippen LogP contribution in [0, 0.1) is 0 Å². The molecule has 0 atom stereocenters. The molecule has 2 aromatic carbocycles. The smallest absolute Gasteiger partial charge is 0.478 e. The van der Waals surface area contributed by atoms with Crippen molar-refractivity contribution >= 4 is 27.4 Å². The number of primary sulfonamides is 1. The van der Waals surface area contributed by atoms with Gasteiger partial charge >= 0.3 is 35.5 Å². The number of carboxylic acid groups (broad SMARTS) is 1. The van der Waals surface area contributed by atoms with Crippen LogP contribution in [-0.2, 0) is 10.0 Å². The van der Waals surface area contributed by atoms with Gasteiger partial charge in [-0.3, -0.25) is 5.43 Å². The van der Waals surface area contributed by atoms with Crippen molar-refractivity contribution in [2.75, 3.05) is 5.43 Å². The topological polar surface area (TPSA) is 134 Å². The van der Waals surface area contributed by atoms with Crippen molar-refractivity contribution < 1.29 is 47.9 Å². The van der Waals surface area contributed by atoms with E-state index in [0.717, 1.165) is 0 Å². The number of nitrogens with zero attached hydrogens (tertiary/aromatic N) is 2. The Morgan fingerprint density at radius 1 is 1.04 bits per heavy atom. The number of carbonyl (C=O) groups is 1. The zero-order chi connectivity index (χ0) is 16.2. The summed E-state index contributed by atoms with van der Waals surface area (Å²) in [6.45, 7) is 0. The maximum atomic E-state index is 11.1. The van der Waals surface area contributed by atoms with E-state index in [4.69, 9.17) is 10.2 Å². The van der Waals surface area contributed by atoms with Crippen LogP contribution in [0.15, 0.2) is 63.8 Å². The Morgan fingerprint density at radius 3 is 2.09 bits per heavy atom. The van der Waals surface area contributed by atoms with Crippen LogP contribution in [0.5, 0.6) is 0 Å². The van der Waals surface area contributed by atoms with E-state index in [-0.39, 0.29) is 40.0 Å². The fraction of sp³-hybridized carbons (Fsp3) is 0. The molecule has 0 saturated heterocycles. The monoisotopic (exact) mass is 343 g/mol. The van der Waals surface area contributed by atoms with E-state index in [1.54, 1.807) is 12.1 Å². The minimum absolute atomic E-state index is 0. The van der Waals surface area contributed by atoms with E-state index in [9.17, 15) is 13.2 Å². The fourth-order valence-corrected chi connectivity index (χ4v) is 2.05. The van der Waals surface area contributed by atoms with Crippen LogP contribution in [0.4, 0.5) is 11.4 Å². The van der Waals surface area contributed by atoms with Gasteiger partial charge in [0, 0.05) is 0 Å². The number of nitrogens with one attached hydrogen (secondary N) is 1. The Balaban J connectivity index is 0.00000264. The van der Waals surface area contributed by atoms with Gasteiger partial charge in [0.15, 0.2) is 0 Å². The second kappa shape index (κ2) is 8.18. The summed E-state index contributed by atoms with van der Waals surface area (Å²) in [5, 5.41) is 21.3. The van der Waals surface area contributed by atoms with Gasteiger partial charge in [-0.05, 0) is 48.5 Å². The molecular formula is C13H12N4NaO4S+. The number of sulfonamides is 1. The Hall–Kier alpha value is -1.78. The summed E-state index contributed by atoms with van der Waals surface area (Å²) in [5.74, 6) is -1.01. The third-order valence-electron chi connectivity index (χ3n) is 2.64. The molecular weight excluding hydrogens is 331 g/mol. The maximum Gasteiger partial charge on any atom is 1.00 e. The zero-order valence-corrected chi connectivity index (χ0v) is 15.0. The summed E-state index contributed by atoms with van der Waals surface area (Å²) in [6.07, 6.45) is 0. The minimum Gasteiger partial charge on any atom is -0.478 e. The number of rotatable bonds is 5. The van der Waals surface area contributed by atoms with Crippen molar-refractivity contribution in [2.24, 2.45) is 15.5 Å². The van der Waals surface area contributed by atoms with Crippen molar-refractivity contribution in [1.82, 2.24) is 0 Å². The molecule has 10 heteroatoms. The Bertz CT molecular complexity index is 805. The number of aromatic carboxylic acids is 1. The van der Waals surface area contributed by atoms with E-state index >= 15 is 0 Å². The third kappa shape index (κ3) is 5.73. The average Bonchev–Trinajstić information content (AvgIpc) is 2.47. The molecule has 0 aliphatic heterocycles. The van der Waals surface area contributed by atoms with Crippen molar-refractivity contribution in [2.45, 2.75) is 4.90 Å². The van der Waals surface area contributed by atoms with Gasteiger partial charge in [-0.2, -0.15) is 0 Å². The molecule has 0 spiro atoms. The molecule has 4 N–H and O–H groups in total. The summed E-state index contributed by atoms with van der Waals surface area (Å²) >= 11 is 0. The van der Waals surface area contributed by atoms with Crippen molar-refractivity contribution in [1.29, 1.82) is 0 Å². The number of carboxylic acids is 1. The van der Waals surface area contributed by atoms with E-state index in [2.05, 4.69) is 15.8 Å². The molecule has 0 unspecified atom stereocenters. The summed E-state index contributed by atoms with van der Waals surface area (Å²) < 4.78 is 22.2. The molecule has 0 aliphatic carbocycles. The van der Waals surface area contributed by atoms with Crippen LogP contribution in [-0.4, -0.2) is 19.5 Å². The molecule has 114 valence electrons. The molecule has 0 radical (unpaired) electrons. The van der Waals surface area contributed by atoms with Gasteiger partial charge in [0.1, 0.15) is 0 Å². The van der Waals surface area contributed by atoms with Crippen LogP contribution >= 0.6 is 0 Å². The summed E-state index contributed by atoms with van der Waals surface area (Å²) in [4.78, 5) is 10.7. The van der Waals surface area contributed by atoms with Crippen molar-refractivity contribution in [3.05, 3.63) is 54.1 Å². The molecule has 0 amide bonds. The number of anilines is 1. The predicted octanol–water partition coefficient (Wildman–Crippen LogP) is -0.853. The molecule has 23 heavy (non-hydrogen) atoms. The van der Waals surface area contributed by atoms with Gasteiger partial charge in [-0.25, -0.2) is 18.4 Å². The van der Waals surface area contributed by atoms with E-state index in [1.165, 1.54) is 36.4 Å². The SMILES string of the molecule is NS(=O)(=O)c1ccc(N=NNc2ccc(C(=O)O)cc2)cc1.[Na+]. The molecule has 0 saturated carbocycles. The third-order valence-corrected chi connectivity index (χ3v) is 3.57. The molecule has 0 aromatic heterocycles. The first kappa shape index (κ1) is 19.3.